The van der Waals surface area contributed by atoms with Crippen molar-refractivity contribution in [3.63, 3.8) is 0 Å². The zero-order valence-corrected chi connectivity index (χ0v) is 18.6. The molecule has 1 aliphatic heterocycles. The topological polar surface area (TPSA) is 109 Å². The molecule has 1 amide bonds. The minimum atomic E-state index is -0.183. The number of nitrogens with zero attached hydrogens (tertiary/aromatic N) is 4. The second-order valence-corrected chi connectivity index (χ2v) is 6.54. The first-order valence-electron chi connectivity index (χ1n) is 9.41. The Bertz CT molecular complexity index is 787. The van der Waals surface area contributed by atoms with Gasteiger partial charge in [0.15, 0.2) is 11.7 Å². The van der Waals surface area contributed by atoms with Crippen LogP contribution in [0.25, 0.3) is 0 Å². The van der Waals surface area contributed by atoms with Crippen LogP contribution in [0.4, 0.5) is 0 Å². The van der Waals surface area contributed by atoms with Gasteiger partial charge >= 0.3 is 0 Å². The Morgan fingerprint density at radius 1 is 1.43 bits per heavy atom. The van der Waals surface area contributed by atoms with Crippen molar-refractivity contribution in [2.75, 3.05) is 19.6 Å². The molecule has 2 aromatic heterocycles. The lowest BCUT2D eigenvalue weighted by Gasteiger charge is -2.25. The average molecular weight is 501 g/mol. The number of guanidine groups is 1. The summed E-state index contributed by atoms with van der Waals surface area (Å²) >= 11 is 0. The second-order valence-electron chi connectivity index (χ2n) is 6.54. The van der Waals surface area contributed by atoms with Crippen LogP contribution in [0, 0.1) is 6.92 Å². The Kier molecular flexibility index (Phi) is 8.74. The first-order chi connectivity index (χ1) is 13.2. The third-order valence-electron chi connectivity index (χ3n) is 4.45. The Morgan fingerprint density at radius 2 is 2.29 bits per heavy atom. The third-order valence-corrected chi connectivity index (χ3v) is 4.45. The number of hydrogen-bond acceptors (Lipinski definition) is 5. The van der Waals surface area contributed by atoms with Crippen LogP contribution in [-0.2, 0) is 13.0 Å². The number of hydrogen-bond donors (Lipinski definition) is 3. The predicted octanol–water partition coefficient (Wildman–Crippen LogP) is 1.49. The number of aliphatic imine (C=N–C) groups is 1. The molecule has 1 aliphatic rings. The van der Waals surface area contributed by atoms with Crippen molar-refractivity contribution in [2.24, 2.45) is 4.99 Å². The number of amides is 1. The first kappa shape index (κ1) is 22.2. The van der Waals surface area contributed by atoms with E-state index in [9.17, 15) is 4.79 Å². The lowest BCUT2D eigenvalue weighted by molar-refractivity contribution is 0.0925. The van der Waals surface area contributed by atoms with E-state index >= 15 is 0 Å². The summed E-state index contributed by atoms with van der Waals surface area (Å²) in [7, 11) is 0. The summed E-state index contributed by atoms with van der Waals surface area (Å²) in [6.45, 7) is 6.64. The molecule has 1 atom stereocenters. The van der Waals surface area contributed by atoms with Crippen molar-refractivity contribution in [3.05, 3.63) is 35.8 Å². The molecule has 0 saturated heterocycles. The van der Waals surface area contributed by atoms with E-state index in [4.69, 9.17) is 4.42 Å². The summed E-state index contributed by atoms with van der Waals surface area (Å²) in [5.41, 5.74) is 0.840. The third kappa shape index (κ3) is 5.94. The number of halogens is 1. The second kappa shape index (κ2) is 11.0. The molecule has 0 radical (unpaired) electrons. The molecule has 0 spiro atoms. The maximum absolute atomic E-state index is 12.0. The maximum atomic E-state index is 12.0. The molecule has 1 unspecified atom stereocenters. The maximum Gasteiger partial charge on any atom is 0.287 e. The molecule has 10 heteroatoms. The van der Waals surface area contributed by atoms with Gasteiger partial charge in [0.2, 0.25) is 0 Å². The van der Waals surface area contributed by atoms with E-state index in [-0.39, 0.29) is 35.9 Å². The molecular formula is C18H28IN7O2. The minimum absolute atomic E-state index is 0. The normalized spacial score (nSPS) is 16.1. The van der Waals surface area contributed by atoms with Crippen molar-refractivity contribution < 1.29 is 9.21 Å². The number of carbonyl (C=O) groups is 1. The van der Waals surface area contributed by atoms with Gasteiger partial charge in [-0.1, -0.05) is 0 Å². The van der Waals surface area contributed by atoms with Gasteiger partial charge in [0.1, 0.15) is 12.2 Å². The Balaban J connectivity index is 0.00000280. The molecular weight excluding hydrogens is 473 g/mol. The van der Waals surface area contributed by atoms with E-state index in [2.05, 4.69) is 31.0 Å². The fraction of sp³-hybridized carbons (Fsp3) is 0.556. The SMILES string of the molecule is CCNC(=NCCCNC(=O)c1occc1C)NC1CCc2ncnn2C1.I. The highest BCUT2D eigenvalue weighted by molar-refractivity contribution is 14.0. The van der Waals surface area contributed by atoms with Crippen LogP contribution >= 0.6 is 24.0 Å². The number of carbonyl (C=O) groups excluding carboxylic acids is 1. The van der Waals surface area contributed by atoms with Gasteiger partial charge in [-0.25, -0.2) is 9.67 Å². The number of aryl methyl sites for hydroxylation is 2. The van der Waals surface area contributed by atoms with Crippen molar-refractivity contribution in [2.45, 2.75) is 45.7 Å². The van der Waals surface area contributed by atoms with Gasteiger partial charge in [0.25, 0.3) is 5.91 Å². The van der Waals surface area contributed by atoms with Gasteiger partial charge in [0.05, 0.1) is 12.8 Å². The summed E-state index contributed by atoms with van der Waals surface area (Å²) in [5.74, 6) is 2.02. The van der Waals surface area contributed by atoms with Gasteiger partial charge in [-0.05, 0) is 32.8 Å². The van der Waals surface area contributed by atoms with E-state index in [0.717, 1.165) is 49.7 Å². The van der Waals surface area contributed by atoms with Crippen LogP contribution in [0.5, 0.6) is 0 Å². The zero-order chi connectivity index (χ0) is 19.1. The molecule has 3 rings (SSSR count). The fourth-order valence-electron chi connectivity index (χ4n) is 3.03. The number of aromatic nitrogens is 3. The van der Waals surface area contributed by atoms with Crippen molar-refractivity contribution >= 4 is 35.8 Å². The molecule has 154 valence electrons. The molecule has 2 aromatic rings. The average Bonchev–Trinajstić information content (AvgIpc) is 3.29. The van der Waals surface area contributed by atoms with E-state index in [1.807, 2.05) is 18.5 Å². The number of furan rings is 1. The molecule has 9 nitrogen and oxygen atoms in total. The van der Waals surface area contributed by atoms with Gasteiger partial charge in [-0.3, -0.25) is 9.79 Å². The fourth-order valence-corrected chi connectivity index (χ4v) is 3.03. The van der Waals surface area contributed by atoms with Crippen LogP contribution in [0.3, 0.4) is 0 Å². The lowest BCUT2D eigenvalue weighted by Crippen LogP contribution is -2.47. The number of fused-ring (bicyclic) bond motifs is 1. The Labute approximate surface area is 181 Å². The smallest absolute Gasteiger partial charge is 0.287 e. The number of nitrogens with one attached hydrogen (secondary N) is 3. The summed E-state index contributed by atoms with van der Waals surface area (Å²) in [5, 5.41) is 13.8. The lowest BCUT2D eigenvalue weighted by atomic mass is 10.1. The van der Waals surface area contributed by atoms with Gasteiger partial charge in [0, 0.05) is 37.7 Å². The van der Waals surface area contributed by atoms with Crippen LogP contribution in [0.2, 0.25) is 0 Å². The summed E-state index contributed by atoms with van der Waals surface area (Å²) < 4.78 is 7.13. The van der Waals surface area contributed by atoms with Crippen molar-refractivity contribution in [1.29, 1.82) is 0 Å². The quantitative estimate of drug-likeness (QED) is 0.230. The highest BCUT2D eigenvalue weighted by atomic mass is 127. The molecule has 3 heterocycles. The van der Waals surface area contributed by atoms with Gasteiger partial charge in [-0.2, -0.15) is 5.10 Å². The van der Waals surface area contributed by atoms with E-state index < -0.39 is 0 Å². The van der Waals surface area contributed by atoms with Crippen molar-refractivity contribution in [1.82, 2.24) is 30.7 Å². The molecule has 0 aliphatic carbocycles. The standard InChI is InChI=1S/C18H27N7O2.HI/c1-3-19-18(24-14-5-6-15-22-12-23-25(15)11-14)21-9-4-8-20-17(26)16-13(2)7-10-27-16;/h7,10,12,14H,3-6,8-9,11H2,1-2H3,(H,20,26)(H2,19,21,24);1H. The minimum Gasteiger partial charge on any atom is -0.459 e. The highest BCUT2D eigenvalue weighted by Crippen LogP contribution is 2.11. The van der Waals surface area contributed by atoms with Gasteiger partial charge < -0.3 is 20.4 Å². The Morgan fingerprint density at radius 3 is 3.04 bits per heavy atom. The molecule has 0 saturated carbocycles. The number of rotatable bonds is 7. The van der Waals surface area contributed by atoms with Crippen LogP contribution in [0.1, 0.15) is 41.7 Å². The Hall–Kier alpha value is -2.11. The molecule has 28 heavy (non-hydrogen) atoms. The van der Waals surface area contributed by atoms with Crippen LogP contribution in [-0.4, -0.2) is 52.3 Å². The highest BCUT2D eigenvalue weighted by Gasteiger charge is 2.20. The zero-order valence-electron chi connectivity index (χ0n) is 16.3. The predicted molar refractivity (Wildman–Crippen MR) is 117 cm³/mol. The molecule has 3 N–H and O–H groups in total. The summed E-state index contributed by atoms with van der Waals surface area (Å²) in [6.07, 6.45) is 5.79. The summed E-state index contributed by atoms with van der Waals surface area (Å²) in [4.78, 5) is 20.8. The van der Waals surface area contributed by atoms with Crippen LogP contribution < -0.4 is 16.0 Å². The largest absolute Gasteiger partial charge is 0.459 e. The summed E-state index contributed by atoms with van der Waals surface area (Å²) in [6, 6.07) is 2.06. The molecule has 0 aromatic carbocycles. The van der Waals surface area contributed by atoms with Gasteiger partial charge in [-0.15, -0.1) is 24.0 Å². The molecule has 0 bridgehead atoms. The van der Waals surface area contributed by atoms with E-state index in [1.165, 1.54) is 6.26 Å². The van der Waals surface area contributed by atoms with E-state index in [0.29, 0.717) is 18.8 Å². The van der Waals surface area contributed by atoms with E-state index in [1.54, 1.807) is 12.4 Å². The van der Waals surface area contributed by atoms with Crippen molar-refractivity contribution in [3.8, 4) is 0 Å². The van der Waals surface area contributed by atoms with Crippen LogP contribution in [0.15, 0.2) is 28.1 Å². The molecule has 0 fully saturated rings. The first-order valence-corrected chi connectivity index (χ1v) is 9.41. The monoisotopic (exact) mass is 501 g/mol.